The first-order chi connectivity index (χ1) is 16.1. The summed E-state index contributed by atoms with van der Waals surface area (Å²) in [5, 5.41) is 3.99. The quantitative estimate of drug-likeness (QED) is 0.260. The molecule has 0 atom stereocenters. The van der Waals surface area contributed by atoms with Crippen molar-refractivity contribution in [2.45, 2.75) is 32.6 Å². The monoisotopic (exact) mass is 448 g/mol. The van der Waals surface area contributed by atoms with Crippen LogP contribution in [0.25, 0.3) is 11.3 Å². The Bertz CT molecular complexity index is 1140. The van der Waals surface area contributed by atoms with Gasteiger partial charge in [0.15, 0.2) is 11.5 Å². The molecule has 0 saturated heterocycles. The molecule has 0 radical (unpaired) electrons. The highest BCUT2D eigenvalue weighted by Crippen LogP contribution is 2.27. The molecular weight excluding hydrogens is 420 g/mol. The molecular formula is C25H28N4O4. The van der Waals surface area contributed by atoms with E-state index >= 15 is 0 Å². The fraction of sp³-hybridized carbons (Fsp3) is 0.280. The van der Waals surface area contributed by atoms with Gasteiger partial charge in [-0.3, -0.25) is 4.79 Å². The zero-order valence-electron chi connectivity index (χ0n) is 18.8. The van der Waals surface area contributed by atoms with Gasteiger partial charge < -0.3 is 14.5 Å². The van der Waals surface area contributed by atoms with Crippen molar-refractivity contribution in [2.75, 3.05) is 13.7 Å². The number of amides is 1. The van der Waals surface area contributed by atoms with Crippen LogP contribution in [0.4, 0.5) is 0 Å². The highest BCUT2D eigenvalue weighted by molar-refractivity contribution is 5.94. The van der Waals surface area contributed by atoms with Gasteiger partial charge in [0.2, 0.25) is 0 Å². The molecule has 8 nitrogen and oxygen atoms in total. The molecule has 1 amide bonds. The van der Waals surface area contributed by atoms with E-state index in [0.717, 1.165) is 24.0 Å². The smallest absolute Gasteiger partial charge is 0.346 e. The first kappa shape index (κ1) is 23.7. The van der Waals surface area contributed by atoms with Crippen molar-refractivity contribution in [3.05, 3.63) is 76.3 Å². The van der Waals surface area contributed by atoms with Crippen LogP contribution in [0.3, 0.4) is 0 Å². The number of hydrogen-bond donors (Lipinski definition) is 2. The van der Waals surface area contributed by atoms with Gasteiger partial charge in [0.05, 0.1) is 25.6 Å². The average molecular weight is 449 g/mol. The van der Waals surface area contributed by atoms with Crippen LogP contribution in [0.5, 0.6) is 11.5 Å². The lowest BCUT2D eigenvalue weighted by Crippen LogP contribution is -2.24. The summed E-state index contributed by atoms with van der Waals surface area (Å²) in [6, 6.07) is 16.1. The number of carbonyl (C=O) groups excluding carboxylic acids is 1. The molecule has 3 aromatic rings. The number of hydrazone groups is 1. The molecule has 0 aliphatic carbocycles. The topological polar surface area (TPSA) is 106 Å². The van der Waals surface area contributed by atoms with Gasteiger partial charge in [-0.25, -0.2) is 10.2 Å². The first-order valence-electron chi connectivity index (χ1n) is 10.9. The minimum absolute atomic E-state index is 0.0652. The lowest BCUT2D eigenvalue weighted by Gasteiger charge is -2.11. The minimum Gasteiger partial charge on any atom is -0.493 e. The fourth-order valence-electron chi connectivity index (χ4n) is 3.16. The molecule has 1 aromatic heterocycles. The van der Waals surface area contributed by atoms with Crippen LogP contribution in [-0.4, -0.2) is 35.8 Å². The second-order valence-corrected chi connectivity index (χ2v) is 7.37. The molecule has 0 unspecified atom stereocenters. The maximum Gasteiger partial charge on any atom is 0.346 e. The van der Waals surface area contributed by atoms with E-state index in [1.54, 1.807) is 13.2 Å². The molecule has 0 spiro atoms. The Morgan fingerprint density at radius 1 is 1.09 bits per heavy atom. The zero-order chi connectivity index (χ0) is 23.5. The van der Waals surface area contributed by atoms with E-state index in [1.165, 1.54) is 25.1 Å². The van der Waals surface area contributed by atoms with Gasteiger partial charge in [0, 0.05) is 5.56 Å². The van der Waals surface area contributed by atoms with Gasteiger partial charge >= 0.3 is 5.69 Å². The highest BCUT2D eigenvalue weighted by Gasteiger charge is 2.10. The number of ether oxygens (including phenoxy) is 2. The second kappa shape index (κ2) is 12.2. The van der Waals surface area contributed by atoms with E-state index in [2.05, 4.69) is 27.4 Å². The number of nitrogens with one attached hydrogen (secondary N) is 2. The van der Waals surface area contributed by atoms with E-state index in [-0.39, 0.29) is 5.69 Å². The van der Waals surface area contributed by atoms with Crippen LogP contribution >= 0.6 is 0 Å². The van der Waals surface area contributed by atoms with Crippen LogP contribution in [0.15, 0.2) is 64.5 Å². The number of nitrogens with zero attached hydrogens (tertiary/aromatic N) is 2. The van der Waals surface area contributed by atoms with Gasteiger partial charge in [-0.1, -0.05) is 56.5 Å². The van der Waals surface area contributed by atoms with Crippen molar-refractivity contribution in [1.29, 1.82) is 0 Å². The largest absolute Gasteiger partial charge is 0.493 e. The van der Waals surface area contributed by atoms with Crippen molar-refractivity contribution in [2.24, 2.45) is 5.10 Å². The number of unbranched alkanes of at least 4 members (excludes halogenated alkanes) is 3. The Labute approximate surface area is 192 Å². The summed E-state index contributed by atoms with van der Waals surface area (Å²) in [5.74, 6) is 0.701. The molecule has 2 N–H and O–H groups in total. The van der Waals surface area contributed by atoms with E-state index in [4.69, 9.17) is 9.47 Å². The Morgan fingerprint density at radius 3 is 2.67 bits per heavy atom. The Kier molecular flexibility index (Phi) is 8.76. The molecule has 0 aliphatic rings. The Morgan fingerprint density at radius 2 is 1.91 bits per heavy atom. The molecule has 8 heteroatoms. The van der Waals surface area contributed by atoms with Gasteiger partial charge in [-0.2, -0.15) is 10.1 Å². The van der Waals surface area contributed by atoms with Gasteiger partial charge in [-0.15, -0.1) is 0 Å². The second-order valence-electron chi connectivity index (χ2n) is 7.37. The van der Waals surface area contributed by atoms with Gasteiger partial charge in [0.1, 0.15) is 5.69 Å². The number of carbonyl (C=O) groups is 1. The van der Waals surface area contributed by atoms with Crippen molar-refractivity contribution < 1.29 is 14.3 Å². The number of H-pyrrole nitrogens is 1. The third kappa shape index (κ3) is 7.03. The molecule has 0 fully saturated rings. The maximum absolute atomic E-state index is 12.5. The molecule has 2 aromatic carbocycles. The molecule has 172 valence electrons. The van der Waals surface area contributed by atoms with Crippen LogP contribution in [-0.2, 0) is 0 Å². The van der Waals surface area contributed by atoms with E-state index < -0.39 is 11.6 Å². The first-order valence-corrected chi connectivity index (χ1v) is 10.9. The summed E-state index contributed by atoms with van der Waals surface area (Å²) in [6.45, 7) is 2.81. The number of methoxy groups -OCH3 is 1. The third-order valence-electron chi connectivity index (χ3n) is 4.88. The highest BCUT2D eigenvalue weighted by atomic mass is 16.5. The van der Waals surface area contributed by atoms with E-state index in [0.29, 0.717) is 23.8 Å². The predicted octanol–water partition coefficient (Wildman–Crippen LogP) is 4.17. The van der Waals surface area contributed by atoms with Crippen LogP contribution in [0, 0.1) is 0 Å². The summed E-state index contributed by atoms with van der Waals surface area (Å²) in [7, 11) is 1.58. The molecule has 0 saturated carbocycles. The number of aromatic nitrogens is 2. The normalized spacial score (nSPS) is 10.8. The Hall–Kier alpha value is -3.94. The predicted molar refractivity (Wildman–Crippen MR) is 128 cm³/mol. The molecule has 3 rings (SSSR count). The summed E-state index contributed by atoms with van der Waals surface area (Å²) >= 11 is 0. The molecule has 0 aliphatic heterocycles. The van der Waals surface area contributed by atoms with Gasteiger partial charge in [0.25, 0.3) is 5.91 Å². The number of aromatic amines is 1. The average Bonchev–Trinajstić information content (AvgIpc) is 2.84. The fourth-order valence-corrected chi connectivity index (χ4v) is 3.16. The maximum atomic E-state index is 12.5. The van der Waals surface area contributed by atoms with Crippen LogP contribution < -0.4 is 20.6 Å². The van der Waals surface area contributed by atoms with Crippen LogP contribution in [0.2, 0.25) is 0 Å². The lowest BCUT2D eigenvalue weighted by molar-refractivity contribution is 0.0949. The van der Waals surface area contributed by atoms with Crippen LogP contribution in [0.1, 0.15) is 48.7 Å². The standard InChI is InChI=1S/C25H28N4O4/c1-3-4-5-9-14-33-22-13-12-18(15-23(22)32-2)17-26-29-24(30)21-16-20(27-25(31)28-21)19-10-7-6-8-11-19/h6-8,10-13,15-17H,3-5,9,14H2,1-2H3,(H,29,30)(H,27,28,31)/b26-17+. The summed E-state index contributed by atoms with van der Waals surface area (Å²) in [4.78, 5) is 30.7. The summed E-state index contributed by atoms with van der Waals surface area (Å²) in [5.41, 5.74) is 3.74. The molecule has 33 heavy (non-hydrogen) atoms. The van der Waals surface area contributed by atoms with E-state index in [9.17, 15) is 9.59 Å². The minimum atomic E-state index is -0.611. The number of hydrogen-bond acceptors (Lipinski definition) is 6. The Balaban J connectivity index is 1.63. The third-order valence-corrected chi connectivity index (χ3v) is 4.88. The zero-order valence-corrected chi connectivity index (χ0v) is 18.8. The lowest BCUT2D eigenvalue weighted by atomic mass is 10.1. The molecule has 0 bridgehead atoms. The van der Waals surface area contributed by atoms with E-state index in [1.807, 2.05) is 42.5 Å². The number of rotatable bonds is 11. The van der Waals surface area contributed by atoms with Gasteiger partial charge in [-0.05, 0) is 36.2 Å². The molecule has 1 heterocycles. The van der Waals surface area contributed by atoms with Crippen molar-refractivity contribution in [3.63, 3.8) is 0 Å². The summed E-state index contributed by atoms with van der Waals surface area (Å²) in [6.07, 6.45) is 6.00. The number of benzene rings is 2. The summed E-state index contributed by atoms with van der Waals surface area (Å²) < 4.78 is 11.2. The van der Waals surface area contributed by atoms with Crippen molar-refractivity contribution >= 4 is 12.1 Å². The van der Waals surface area contributed by atoms with Crippen molar-refractivity contribution in [1.82, 2.24) is 15.4 Å². The van der Waals surface area contributed by atoms with Crippen molar-refractivity contribution in [3.8, 4) is 22.8 Å². The SMILES string of the molecule is CCCCCCOc1ccc(/C=N/NC(=O)c2cc(-c3ccccc3)nc(=O)[nH]2)cc1OC.